The Morgan fingerprint density at radius 3 is 2.79 bits per heavy atom. The van der Waals surface area contributed by atoms with Crippen LogP contribution in [-0.4, -0.2) is 23.8 Å². The lowest BCUT2D eigenvalue weighted by atomic mass is 10.1. The standard InChI is InChI=1S/C14H17N3O2/c1-4-8-17-9-16-12(14(17)15)10-6-5-7-11(18-2)13(10)19-3/h4-7,9H,1,8,15H2,2-3H3. The average molecular weight is 259 g/mol. The molecule has 1 heterocycles. The fraction of sp³-hybridized carbons (Fsp3) is 0.214. The molecule has 2 aromatic rings. The van der Waals surface area contributed by atoms with Crippen LogP contribution in [0.1, 0.15) is 0 Å². The van der Waals surface area contributed by atoms with Crippen LogP contribution in [0.4, 0.5) is 5.82 Å². The van der Waals surface area contributed by atoms with Gasteiger partial charge in [0.2, 0.25) is 0 Å². The van der Waals surface area contributed by atoms with Gasteiger partial charge in [0.15, 0.2) is 11.5 Å². The van der Waals surface area contributed by atoms with E-state index in [1.54, 1.807) is 26.6 Å². The number of methoxy groups -OCH3 is 2. The Hall–Kier alpha value is -2.43. The van der Waals surface area contributed by atoms with E-state index < -0.39 is 0 Å². The minimum Gasteiger partial charge on any atom is -0.493 e. The zero-order chi connectivity index (χ0) is 13.8. The van der Waals surface area contributed by atoms with Crippen molar-refractivity contribution in [2.75, 3.05) is 20.0 Å². The van der Waals surface area contributed by atoms with Crippen LogP contribution >= 0.6 is 0 Å². The van der Waals surface area contributed by atoms with Gasteiger partial charge in [0.1, 0.15) is 11.5 Å². The summed E-state index contributed by atoms with van der Waals surface area (Å²) < 4.78 is 12.5. The summed E-state index contributed by atoms with van der Waals surface area (Å²) >= 11 is 0. The molecule has 0 saturated carbocycles. The summed E-state index contributed by atoms with van der Waals surface area (Å²) in [5.41, 5.74) is 7.58. The molecule has 5 nitrogen and oxygen atoms in total. The number of hydrogen-bond donors (Lipinski definition) is 1. The van der Waals surface area contributed by atoms with E-state index in [2.05, 4.69) is 11.6 Å². The molecule has 0 bridgehead atoms. The Morgan fingerprint density at radius 2 is 2.16 bits per heavy atom. The van der Waals surface area contributed by atoms with Gasteiger partial charge in [-0.05, 0) is 12.1 Å². The number of hydrogen-bond acceptors (Lipinski definition) is 4. The van der Waals surface area contributed by atoms with Crippen LogP contribution in [-0.2, 0) is 6.54 Å². The van der Waals surface area contributed by atoms with Gasteiger partial charge in [0, 0.05) is 12.1 Å². The van der Waals surface area contributed by atoms with Gasteiger partial charge in [0.05, 0.1) is 20.5 Å². The molecule has 0 radical (unpaired) electrons. The zero-order valence-corrected chi connectivity index (χ0v) is 11.1. The van der Waals surface area contributed by atoms with Crippen molar-refractivity contribution in [3.05, 3.63) is 37.2 Å². The second-order valence-corrected chi connectivity index (χ2v) is 3.96. The van der Waals surface area contributed by atoms with Gasteiger partial charge in [-0.3, -0.25) is 0 Å². The Bertz CT molecular complexity index is 590. The highest BCUT2D eigenvalue weighted by Crippen LogP contribution is 2.39. The number of nitrogens with zero attached hydrogens (tertiary/aromatic N) is 2. The Kier molecular flexibility index (Phi) is 3.75. The molecule has 5 heteroatoms. The van der Waals surface area contributed by atoms with Crippen molar-refractivity contribution in [1.82, 2.24) is 9.55 Å². The topological polar surface area (TPSA) is 62.3 Å². The van der Waals surface area contributed by atoms with E-state index in [9.17, 15) is 0 Å². The summed E-state index contributed by atoms with van der Waals surface area (Å²) in [6.45, 7) is 4.31. The molecule has 0 aliphatic rings. The number of ether oxygens (including phenoxy) is 2. The van der Waals surface area contributed by atoms with Crippen molar-refractivity contribution < 1.29 is 9.47 Å². The minimum absolute atomic E-state index is 0.575. The van der Waals surface area contributed by atoms with Gasteiger partial charge in [-0.2, -0.15) is 0 Å². The molecule has 100 valence electrons. The van der Waals surface area contributed by atoms with E-state index in [-0.39, 0.29) is 0 Å². The molecule has 0 aliphatic heterocycles. The zero-order valence-electron chi connectivity index (χ0n) is 11.1. The third kappa shape index (κ3) is 2.27. The largest absolute Gasteiger partial charge is 0.493 e. The van der Waals surface area contributed by atoms with Gasteiger partial charge in [-0.15, -0.1) is 6.58 Å². The maximum atomic E-state index is 6.09. The van der Waals surface area contributed by atoms with E-state index in [1.807, 2.05) is 22.8 Å². The molecule has 0 unspecified atom stereocenters. The highest BCUT2D eigenvalue weighted by Gasteiger charge is 2.16. The van der Waals surface area contributed by atoms with E-state index in [0.717, 1.165) is 5.56 Å². The Morgan fingerprint density at radius 1 is 1.37 bits per heavy atom. The van der Waals surface area contributed by atoms with Crippen molar-refractivity contribution in [1.29, 1.82) is 0 Å². The lowest BCUT2D eigenvalue weighted by Crippen LogP contribution is -2.01. The second-order valence-electron chi connectivity index (χ2n) is 3.96. The van der Waals surface area contributed by atoms with E-state index in [0.29, 0.717) is 29.6 Å². The molecule has 0 atom stereocenters. The molecule has 0 amide bonds. The first kappa shape index (κ1) is 13.0. The predicted octanol–water partition coefficient (Wildman–Crippen LogP) is 2.34. The number of nitrogens with two attached hydrogens (primary N) is 1. The summed E-state index contributed by atoms with van der Waals surface area (Å²) in [6.07, 6.45) is 3.45. The third-order valence-corrected chi connectivity index (χ3v) is 2.86. The number of rotatable bonds is 5. The monoisotopic (exact) mass is 259 g/mol. The molecule has 0 saturated heterocycles. The number of imidazole rings is 1. The van der Waals surface area contributed by atoms with E-state index in [4.69, 9.17) is 15.2 Å². The highest BCUT2D eigenvalue weighted by molar-refractivity contribution is 5.78. The van der Waals surface area contributed by atoms with Crippen LogP contribution < -0.4 is 15.2 Å². The first-order chi connectivity index (χ1) is 9.22. The maximum absolute atomic E-state index is 6.09. The number of aromatic nitrogens is 2. The van der Waals surface area contributed by atoms with Gasteiger partial charge >= 0.3 is 0 Å². The second kappa shape index (κ2) is 5.48. The molecular weight excluding hydrogens is 242 g/mol. The third-order valence-electron chi connectivity index (χ3n) is 2.86. The number of para-hydroxylation sites is 1. The summed E-state index contributed by atoms with van der Waals surface area (Å²) in [5, 5.41) is 0. The summed E-state index contributed by atoms with van der Waals surface area (Å²) in [5.74, 6) is 1.85. The smallest absolute Gasteiger partial charge is 0.170 e. The molecular formula is C14H17N3O2. The first-order valence-electron chi connectivity index (χ1n) is 5.85. The van der Waals surface area contributed by atoms with Crippen molar-refractivity contribution in [2.45, 2.75) is 6.54 Å². The lowest BCUT2D eigenvalue weighted by molar-refractivity contribution is 0.356. The molecule has 1 aromatic carbocycles. The molecule has 0 fully saturated rings. The SMILES string of the molecule is C=CCn1cnc(-c2cccc(OC)c2OC)c1N. The van der Waals surface area contributed by atoms with Crippen LogP contribution in [0.25, 0.3) is 11.3 Å². The van der Waals surface area contributed by atoms with E-state index in [1.165, 1.54) is 0 Å². The van der Waals surface area contributed by atoms with E-state index >= 15 is 0 Å². The molecule has 2 rings (SSSR count). The van der Waals surface area contributed by atoms with Crippen molar-refractivity contribution in [3.8, 4) is 22.8 Å². The number of benzene rings is 1. The van der Waals surface area contributed by atoms with Crippen LogP contribution in [0.3, 0.4) is 0 Å². The molecule has 1 aromatic heterocycles. The van der Waals surface area contributed by atoms with Gasteiger partial charge < -0.3 is 19.8 Å². The van der Waals surface area contributed by atoms with Gasteiger partial charge in [-0.25, -0.2) is 4.98 Å². The Labute approximate surface area is 112 Å². The number of allylic oxidation sites excluding steroid dienone is 1. The lowest BCUT2D eigenvalue weighted by Gasteiger charge is -2.11. The van der Waals surface area contributed by atoms with Crippen molar-refractivity contribution in [2.24, 2.45) is 0 Å². The first-order valence-corrected chi connectivity index (χ1v) is 5.85. The fourth-order valence-corrected chi connectivity index (χ4v) is 1.96. The van der Waals surface area contributed by atoms with Crippen molar-refractivity contribution in [3.63, 3.8) is 0 Å². The average Bonchev–Trinajstić information content (AvgIpc) is 2.79. The van der Waals surface area contributed by atoms with Crippen LogP contribution in [0, 0.1) is 0 Å². The van der Waals surface area contributed by atoms with Crippen LogP contribution in [0.2, 0.25) is 0 Å². The predicted molar refractivity (Wildman–Crippen MR) is 75.4 cm³/mol. The summed E-state index contributed by atoms with van der Waals surface area (Å²) in [7, 11) is 3.19. The Balaban J connectivity index is 2.55. The molecule has 2 N–H and O–H groups in total. The molecule has 0 aliphatic carbocycles. The minimum atomic E-state index is 0.575. The molecule has 19 heavy (non-hydrogen) atoms. The quantitative estimate of drug-likeness (QED) is 0.837. The summed E-state index contributed by atoms with van der Waals surface area (Å²) in [4.78, 5) is 4.34. The summed E-state index contributed by atoms with van der Waals surface area (Å²) in [6, 6.07) is 5.61. The maximum Gasteiger partial charge on any atom is 0.170 e. The molecule has 0 spiro atoms. The number of anilines is 1. The van der Waals surface area contributed by atoms with Crippen LogP contribution in [0.5, 0.6) is 11.5 Å². The highest BCUT2D eigenvalue weighted by atomic mass is 16.5. The van der Waals surface area contributed by atoms with Gasteiger partial charge in [-0.1, -0.05) is 12.1 Å². The normalized spacial score (nSPS) is 10.2. The van der Waals surface area contributed by atoms with Gasteiger partial charge in [0.25, 0.3) is 0 Å². The van der Waals surface area contributed by atoms with Crippen molar-refractivity contribution >= 4 is 5.82 Å². The van der Waals surface area contributed by atoms with Crippen LogP contribution in [0.15, 0.2) is 37.2 Å². The number of nitrogen functional groups attached to an aromatic ring is 1. The fourth-order valence-electron chi connectivity index (χ4n) is 1.96.